The van der Waals surface area contributed by atoms with Gasteiger partial charge in [0.25, 0.3) is 5.91 Å². The van der Waals surface area contributed by atoms with Crippen LogP contribution in [0.3, 0.4) is 0 Å². The van der Waals surface area contributed by atoms with Crippen LogP contribution in [0.25, 0.3) is 11.3 Å². The molecule has 7 heteroatoms. The van der Waals surface area contributed by atoms with Crippen LogP contribution in [0, 0.1) is 11.7 Å². The van der Waals surface area contributed by atoms with Crippen molar-refractivity contribution in [2.75, 3.05) is 26.2 Å². The van der Waals surface area contributed by atoms with Crippen LogP contribution in [0.2, 0.25) is 0 Å². The number of hydrogen-bond donors (Lipinski definition) is 1. The van der Waals surface area contributed by atoms with Crippen LogP contribution in [0.15, 0.2) is 30.5 Å². The molecule has 2 aromatic rings. The first kappa shape index (κ1) is 17.1. The van der Waals surface area contributed by atoms with Crippen LogP contribution in [0.1, 0.15) is 24.2 Å². The minimum absolute atomic E-state index is 0.0406. The number of benzene rings is 1. The zero-order chi connectivity index (χ0) is 18.0. The average molecular weight is 344 g/mol. The Kier molecular flexibility index (Phi) is 4.83. The molecule has 2 heterocycles. The smallest absolute Gasteiger partial charge is 0.257 e. The zero-order valence-corrected chi connectivity index (χ0v) is 14.3. The van der Waals surface area contributed by atoms with E-state index in [2.05, 4.69) is 10.2 Å². The highest BCUT2D eigenvalue weighted by Gasteiger charge is 2.27. The molecule has 1 fully saturated rings. The van der Waals surface area contributed by atoms with Crippen molar-refractivity contribution < 1.29 is 14.0 Å². The van der Waals surface area contributed by atoms with E-state index in [1.807, 2.05) is 13.8 Å². The molecule has 1 aromatic carbocycles. The van der Waals surface area contributed by atoms with E-state index in [1.54, 1.807) is 21.9 Å². The number of rotatable bonds is 3. The first-order chi connectivity index (χ1) is 12.0. The number of halogens is 1. The van der Waals surface area contributed by atoms with Gasteiger partial charge in [-0.3, -0.25) is 14.7 Å². The summed E-state index contributed by atoms with van der Waals surface area (Å²) in [6, 6.07) is 5.92. The molecule has 0 bridgehead atoms. The van der Waals surface area contributed by atoms with E-state index in [4.69, 9.17) is 0 Å². The number of carbonyl (C=O) groups excluding carboxylic acids is 2. The third kappa shape index (κ3) is 3.55. The highest BCUT2D eigenvalue weighted by atomic mass is 19.1. The Labute approximate surface area is 145 Å². The molecule has 0 radical (unpaired) electrons. The SMILES string of the molecule is CC(C)C(=O)N1CCN(C(=O)c2cn[nH]c2-c2ccc(F)cc2)CC1. The number of nitrogens with zero attached hydrogens (tertiary/aromatic N) is 3. The van der Waals surface area contributed by atoms with Crippen molar-refractivity contribution in [3.63, 3.8) is 0 Å². The molecule has 132 valence electrons. The molecule has 1 aliphatic heterocycles. The van der Waals surface area contributed by atoms with Crippen molar-refractivity contribution in [3.05, 3.63) is 41.8 Å². The second-order valence-corrected chi connectivity index (χ2v) is 6.44. The molecule has 6 nitrogen and oxygen atoms in total. The molecule has 0 atom stereocenters. The largest absolute Gasteiger partial charge is 0.339 e. The monoisotopic (exact) mass is 344 g/mol. The maximum Gasteiger partial charge on any atom is 0.257 e. The van der Waals surface area contributed by atoms with Gasteiger partial charge in [-0.25, -0.2) is 4.39 Å². The summed E-state index contributed by atoms with van der Waals surface area (Å²) in [6.45, 7) is 5.80. The van der Waals surface area contributed by atoms with Crippen LogP contribution >= 0.6 is 0 Å². The van der Waals surface area contributed by atoms with E-state index in [-0.39, 0.29) is 23.5 Å². The van der Waals surface area contributed by atoms with Gasteiger partial charge in [0.05, 0.1) is 17.5 Å². The van der Waals surface area contributed by atoms with Crippen molar-refractivity contribution in [3.8, 4) is 11.3 Å². The van der Waals surface area contributed by atoms with E-state index in [1.165, 1.54) is 18.3 Å². The molecule has 1 aliphatic rings. The Balaban J connectivity index is 1.72. The first-order valence-corrected chi connectivity index (χ1v) is 8.34. The molecule has 0 spiro atoms. The number of aromatic amines is 1. The number of amides is 2. The zero-order valence-electron chi connectivity index (χ0n) is 14.3. The standard InChI is InChI=1S/C18H21FN4O2/c1-12(2)17(24)22-7-9-23(10-8-22)18(25)15-11-20-21-16(15)13-3-5-14(19)6-4-13/h3-6,11-12H,7-10H2,1-2H3,(H,20,21). The maximum atomic E-state index is 13.1. The second kappa shape index (κ2) is 7.04. The number of H-pyrrole nitrogens is 1. The topological polar surface area (TPSA) is 69.3 Å². The third-order valence-electron chi connectivity index (χ3n) is 4.38. The van der Waals surface area contributed by atoms with Crippen LogP contribution in [-0.4, -0.2) is 58.0 Å². The Morgan fingerprint density at radius 2 is 1.68 bits per heavy atom. The summed E-state index contributed by atoms with van der Waals surface area (Å²) < 4.78 is 13.1. The van der Waals surface area contributed by atoms with Gasteiger partial charge in [-0.1, -0.05) is 13.8 Å². The molecule has 1 saturated heterocycles. The summed E-state index contributed by atoms with van der Waals surface area (Å²) in [6.07, 6.45) is 1.49. The van der Waals surface area contributed by atoms with E-state index in [0.717, 1.165) is 0 Å². The number of nitrogens with one attached hydrogen (secondary N) is 1. The lowest BCUT2D eigenvalue weighted by molar-refractivity contribution is -0.135. The molecular formula is C18H21FN4O2. The van der Waals surface area contributed by atoms with Gasteiger partial charge in [-0.2, -0.15) is 5.10 Å². The quantitative estimate of drug-likeness (QED) is 0.928. The number of carbonyl (C=O) groups is 2. The molecular weight excluding hydrogens is 323 g/mol. The molecule has 0 aliphatic carbocycles. The van der Waals surface area contributed by atoms with Crippen molar-refractivity contribution in [1.29, 1.82) is 0 Å². The maximum absolute atomic E-state index is 13.1. The molecule has 2 amide bonds. The second-order valence-electron chi connectivity index (χ2n) is 6.44. The summed E-state index contributed by atoms with van der Waals surface area (Å²) in [5, 5.41) is 6.79. The minimum Gasteiger partial charge on any atom is -0.339 e. The fourth-order valence-electron chi connectivity index (χ4n) is 2.95. The molecule has 1 aromatic heterocycles. The van der Waals surface area contributed by atoms with Gasteiger partial charge >= 0.3 is 0 Å². The highest BCUT2D eigenvalue weighted by molar-refractivity contribution is 5.99. The Morgan fingerprint density at radius 1 is 1.08 bits per heavy atom. The fourth-order valence-corrected chi connectivity index (χ4v) is 2.95. The number of hydrogen-bond acceptors (Lipinski definition) is 3. The summed E-state index contributed by atoms with van der Waals surface area (Å²) in [7, 11) is 0. The lowest BCUT2D eigenvalue weighted by Crippen LogP contribution is -2.51. The molecule has 1 N–H and O–H groups in total. The molecule has 0 unspecified atom stereocenters. The van der Waals surface area contributed by atoms with Crippen LogP contribution in [-0.2, 0) is 4.79 Å². The van der Waals surface area contributed by atoms with Gasteiger partial charge in [-0.15, -0.1) is 0 Å². The summed E-state index contributed by atoms with van der Waals surface area (Å²) >= 11 is 0. The van der Waals surface area contributed by atoms with E-state index in [0.29, 0.717) is 43.0 Å². The average Bonchev–Trinajstić information content (AvgIpc) is 3.11. The summed E-state index contributed by atoms with van der Waals surface area (Å²) in [5.41, 5.74) is 1.73. The van der Waals surface area contributed by atoms with Crippen molar-refractivity contribution in [2.45, 2.75) is 13.8 Å². The van der Waals surface area contributed by atoms with Crippen LogP contribution in [0.5, 0.6) is 0 Å². The van der Waals surface area contributed by atoms with Gasteiger partial charge < -0.3 is 9.80 Å². The third-order valence-corrected chi connectivity index (χ3v) is 4.38. The predicted octanol–water partition coefficient (Wildman–Crippen LogP) is 2.16. The van der Waals surface area contributed by atoms with Crippen molar-refractivity contribution in [2.24, 2.45) is 5.92 Å². The van der Waals surface area contributed by atoms with E-state index >= 15 is 0 Å². The van der Waals surface area contributed by atoms with E-state index in [9.17, 15) is 14.0 Å². The van der Waals surface area contributed by atoms with Gasteiger partial charge in [-0.05, 0) is 24.3 Å². The fraction of sp³-hybridized carbons (Fsp3) is 0.389. The minimum atomic E-state index is -0.331. The summed E-state index contributed by atoms with van der Waals surface area (Å²) in [4.78, 5) is 28.4. The normalized spacial score (nSPS) is 14.9. The van der Waals surface area contributed by atoms with Gasteiger partial charge in [0.1, 0.15) is 5.82 Å². The summed E-state index contributed by atoms with van der Waals surface area (Å²) in [5.74, 6) is -0.393. The lowest BCUT2D eigenvalue weighted by atomic mass is 10.1. The van der Waals surface area contributed by atoms with Crippen LogP contribution in [0.4, 0.5) is 4.39 Å². The predicted molar refractivity (Wildman–Crippen MR) is 91.3 cm³/mol. The van der Waals surface area contributed by atoms with Gasteiger partial charge in [0.15, 0.2) is 0 Å². The van der Waals surface area contributed by atoms with Gasteiger partial charge in [0, 0.05) is 37.7 Å². The van der Waals surface area contributed by atoms with Crippen LogP contribution < -0.4 is 0 Å². The Bertz CT molecular complexity index is 762. The Hall–Kier alpha value is -2.70. The number of piperazine rings is 1. The first-order valence-electron chi connectivity index (χ1n) is 8.34. The van der Waals surface area contributed by atoms with Crippen molar-refractivity contribution >= 4 is 11.8 Å². The van der Waals surface area contributed by atoms with Crippen molar-refractivity contribution in [1.82, 2.24) is 20.0 Å². The molecule has 3 rings (SSSR count). The van der Waals surface area contributed by atoms with E-state index < -0.39 is 0 Å². The molecule has 25 heavy (non-hydrogen) atoms. The highest BCUT2D eigenvalue weighted by Crippen LogP contribution is 2.23. The van der Waals surface area contributed by atoms with Gasteiger partial charge in [0.2, 0.25) is 5.91 Å². The number of aromatic nitrogens is 2. The lowest BCUT2D eigenvalue weighted by Gasteiger charge is -2.35. The molecule has 0 saturated carbocycles. The Morgan fingerprint density at radius 3 is 2.28 bits per heavy atom.